The third-order valence-electron chi connectivity index (χ3n) is 2.44. The van der Waals surface area contributed by atoms with Crippen LogP contribution >= 0.6 is 0 Å². The number of hydrogen-bond acceptors (Lipinski definition) is 4. The molecule has 0 radical (unpaired) electrons. The monoisotopic (exact) mass is 305 g/mol. The van der Waals surface area contributed by atoms with Crippen LogP contribution in [-0.2, 0) is 14.8 Å². The first-order valence-corrected chi connectivity index (χ1v) is 7.47. The number of benzene rings is 1. The molecule has 1 aromatic rings. The summed E-state index contributed by atoms with van der Waals surface area (Å²) in [6, 6.07) is 2.63. The van der Waals surface area contributed by atoms with Gasteiger partial charge in [0.15, 0.2) is 0 Å². The molecule has 20 heavy (non-hydrogen) atoms. The minimum absolute atomic E-state index is 0.155. The summed E-state index contributed by atoms with van der Waals surface area (Å²) in [5.74, 6) is -2.50. The van der Waals surface area contributed by atoms with Crippen molar-refractivity contribution in [2.75, 3.05) is 19.8 Å². The van der Waals surface area contributed by atoms with Crippen LogP contribution in [0.2, 0.25) is 0 Å². The summed E-state index contributed by atoms with van der Waals surface area (Å²) < 4.78 is 44.3. The number of hydrogen-bond donors (Lipinski definition) is 2. The largest absolute Gasteiger partial charge is 0.478 e. The van der Waals surface area contributed by atoms with Crippen LogP contribution in [0.4, 0.5) is 4.39 Å². The van der Waals surface area contributed by atoms with Gasteiger partial charge in [-0.3, -0.25) is 0 Å². The molecule has 0 heterocycles. The first-order valence-electron chi connectivity index (χ1n) is 5.98. The van der Waals surface area contributed by atoms with Gasteiger partial charge in [-0.25, -0.2) is 22.3 Å². The van der Waals surface area contributed by atoms with Crippen molar-refractivity contribution in [3.8, 4) is 0 Å². The van der Waals surface area contributed by atoms with Crippen molar-refractivity contribution in [1.82, 2.24) is 4.72 Å². The molecule has 1 rings (SSSR count). The number of rotatable bonds is 8. The maximum atomic E-state index is 13.2. The average Bonchev–Trinajstić information content (AvgIpc) is 2.38. The van der Waals surface area contributed by atoms with E-state index < -0.39 is 27.4 Å². The molecule has 2 N–H and O–H groups in total. The van der Waals surface area contributed by atoms with Crippen LogP contribution in [0.15, 0.2) is 23.1 Å². The van der Waals surface area contributed by atoms with E-state index in [1.807, 2.05) is 6.92 Å². The lowest BCUT2D eigenvalue weighted by Gasteiger charge is -2.08. The number of carbonyl (C=O) groups is 1. The zero-order valence-electron chi connectivity index (χ0n) is 10.9. The number of ether oxygens (including phenoxy) is 1. The Balaban J connectivity index is 2.77. The van der Waals surface area contributed by atoms with Gasteiger partial charge in [0.25, 0.3) is 0 Å². The molecule has 6 nitrogen and oxygen atoms in total. The molecule has 0 saturated heterocycles. The van der Waals surface area contributed by atoms with Crippen LogP contribution in [0.25, 0.3) is 0 Å². The van der Waals surface area contributed by atoms with Crippen molar-refractivity contribution in [2.45, 2.75) is 18.2 Å². The van der Waals surface area contributed by atoms with Crippen molar-refractivity contribution < 1.29 is 27.4 Å². The molecule has 0 aliphatic rings. The van der Waals surface area contributed by atoms with Gasteiger partial charge in [-0.05, 0) is 31.5 Å². The van der Waals surface area contributed by atoms with Crippen molar-refractivity contribution in [1.29, 1.82) is 0 Å². The van der Waals surface area contributed by atoms with E-state index in [9.17, 15) is 17.6 Å². The maximum Gasteiger partial charge on any atom is 0.338 e. The first kappa shape index (κ1) is 16.5. The molecule has 8 heteroatoms. The molecule has 0 amide bonds. The molecule has 0 saturated carbocycles. The highest BCUT2D eigenvalue weighted by Crippen LogP contribution is 2.15. The lowest BCUT2D eigenvalue weighted by Crippen LogP contribution is -2.26. The molecule has 112 valence electrons. The SMILES string of the molecule is CCOCCCNS(=O)(=O)c1ccc(F)c(C(=O)O)c1. The lowest BCUT2D eigenvalue weighted by molar-refractivity contribution is 0.0691. The van der Waals surface area contributed by atoms with Crippen LogP contribution in [0, 0.1) is 5.82 Å². The summed E-state index contributed by atoms with van der Waals surface area (Å²) in [6.07, 6.45) is 0.486. The molecule has 0 unspecified atom stereocenters. The Morgan fingerprint density at radius 2 is 2.15 bits per heavy atom. The van der Waals surface area contributed by atoms with Crippen LogP contribution in [0.1, 0.15) is 23.7 Å². The number of nitrogens with one attached hydrogen (secondary N) is 1. The predicted molar refractivity (Wildman–Crippen MR) is 69.7 cm³/mol. The molecule has 0 fully saturated rings. The smallest absolute Gasteiger partial charge is 0.338 e. The van der Waals surface area contributed by atoms with E-state index in [2.05, 4.69) is 4.72 Å². The quantitative estimate of drug-likeness (QED) is 0.705. The molecular weight excluding hydrogens is 289 g/mol. The van der Waals surface area contributed by atoms with E-state index in [1.54, 1.807) is 0 Å². The standard InChI is InChI=1S/C12H16FNO5S/c1-2-19-7-3-6-14-20(17,18)9-4-5-11(13)10(8-9)12(15)16/h4-5,8,14H,2-3,6-7H2,1H3,(H,15,16). The molecule has 0 atom stereocenters. The number of aromatic carboxylic acids is 1. The molecule has 0 spiro atoms. The summed E-state index contributed by atoms with van der Waals surface area (Å²) in [5, 5.41) is 8.76. The summed E-state index contributed by atoms with van der Waals surface area (Å²) in [5.41, 5.74) is -0.679. The Kier molecular flexibility index (Phi) is 6.05. The normalized spacial score (nSPS) is 11.5. The van der Waals surface area contributed by atoms with E-state index in [1.165, 1.54) is 0 Å². The molecular formula is C12H16FNO5S. The zero-order valence-corrected chi connectivity index (χ0v) is 11.7. The summed E-state index contributed by atoms with van der Waals surface area (Å²) in [6.45, 7) is 2.95. The highest BCUT2D eigenvalue weighted by atomic mass is 32.2. The van der Waals surface area contributed by atoms with Gasteiger partial charge in [-0.2, -0.15) is 0 Å². The fourth-order valence-electron chi connectivity index (χ4n) is 1.44. The Labute approximate surface area is 116 Å². The third-order valence-corrected chi connectivity index (χ3v) is 3.90. The van der Waals surface area contributed by atoms with E-state index in [-0.39, 0.29) is 11.4 Å². The molecule has 0 bridgehead atoms. The van der Waals surface area contributed by atoms with Crippen molar-refractivity contribution >= 4 is 16.0 Å². The van der Waals surface area contributed by atoms with Crippen LogP contribution < -0.4 is 4.72 Å². The Morgan fingerprint density at radius 1 is 1.45 bits per heavy atom. The van der Waals surface area contributed by atoms with Crippen LogP contribution in [-0.4, -0.2) is 39.3 Å². The van der Waals surface area contributed by atoms with Gasteiger partial charge in [0.2, 0.25) is 10.0 Å². The highest BCUT2D eigenvalue weighted by molar-refractivity contribution is 7.89. The number of halogens is 1. The number of carboxylic acids is 1. The first-order chi connectivity index (χ1) is 9.38. The van der Waals surface area contributed by atoms with Gasteiger partial charge in [0.05, 0.1) is 10.5 Å². The zero-order chi connectivity index (χ0) is 15.2. The Hall–Kier alpha value is -1.51. The van der Waals surface area contributed by atoms with Crippen molar-refractivity contribution in [2.24, 2.45) is 0 Å². The van der Waals surface area contributed by atoms with Gasteiger partial charge in [0.1, 0.15) is 5.82 Å². The summed E-state index contributed by atoms with van der Waals surface area (Å²) >= 11 is 0. The Bertz CT molecular complexity index is 573. The van der Waals surface area contributed by atoms with Gasteiger partial charge in [0, 0.05) is 19.8 Å². The maximum absolute atomic E-state index is 13.2. The van der Waals surface area contributed by atoms with Gasteiger partial charge in [-0.1, -0.05) is 0 Å². The molecule has 1 aromatic carbocycles. The second-order valence-electron chi connectivity index (χ2n) is 3.90. The van der Waals surface area contributed by atoms with E-state index in [0.29, 0.717) is 19.6 Å². The molecule has 0 aromatic heterocycles. The topological polar surface area (TPSA) is 92.7 Å². The van der Waals surface area contributed by atoms with E-state index in [4.69, 9.17) is 9.84 Å². The highest BCUT2D eigenvalue weighted by Gasteiger charge is 2.18. The fourth-order valence-corrected chi connectivity index (χ4v) is 2.54. The summed E-state index contributed by atoms with van der Waals surface area (Å²) in [7, 11) is -3.86. The van der Waals surface area contributed by atoms with Gasteiger partial charge < -0.3 is 9.84 Å². The van der Waals surface area contributed by atoms with E-state index in [0.717, 1.165) is 18.2 Å². The molecule has 0 aliphatic carbocycles. The minimum atomic E-state index is -3.86. The third kappa shape index (κ3) is 4.55. The van der Waals surface area contributed by atoms with Crippen LogP contribution in [0.3, 0.4) is 0 Å². The Morgan fingerprint density at radius 3 is 2.75 bits per heavy atom. The van der Waals surface area contributed by atoms with Gasteiger partial charge >= 0.3 is 5.97 Å². The van der Waals surface area contributed by atoms with E-state index >= 15 is 0 Å². The van der Waals surface area contributed by atoms with Gasteiger partial charge in [-0.15, -0.1) is 0 Å². The second-order valence-corrected chi connectivity index (χ2v) is 5.66. The minimum Gasteiger partial charge on any atom is -0.478 e. The lowest BCUT2D eigenvalue weighted by atomic mass is 10.2. The van der Waals surface area contributed by atoms with Crippen molar-refractivity contribution in [3.05, 3.63) is 29.6 Å². The number of sulfonamides is 1. The number of carboxylic acid groups (broad SMARTS) is 1. The predicted octanol–water partition coefficient (Wildman–Crippen LogP) is 1.23. The van der Waals surface area contributed by atoms with Crippen molar-refractivity contribution in [3.63, 3.8) is 0 Å². The summed E-state index contributed by atoms with van der Waals surface area (Å²) in [4.78, 5) is 10.5. The fraction of sp³-hybridized carbons (Fsp3) is 0.417. The molecule has 0 aliphatic heterocycles. The second kappa shape index (κ2) is 7.32. The van der Waals surface area contributed by atoms with Crippen LogP contribution in [0.5, 0.6) is 0 Å². The average molecular weight is 305 g/mol.